The Bertz CT molecular complexity index is 1400. The van der Waals surface area contributed by atoms with Crippen LogP contribution in [0.4, 0.5) is 0 Å². The minimum atomic E-state index is -0.776. The van der Waals surface area contributed by atoms with Crippen LogP contribution in [0.5, 0.6) is 0 Å². The number of carbonyl (C=O) groups excluding carboxylic acids is 2. The number of furan rings is 1. The highest BCUT2D eigenvalue weighted by molar-refractivity contribution is 8.18. The molecule has 1 aromatic heterocycles. The number of aryl methyl sites for hydroxylation is 1. The number of carbonyl (C=O) groups is 2. The third kappa shape index (κ3) is 5.53. The average Bonchev–Trinajstić information content (AvgIpc) is 3.40. The highest BCUT2D eigenvalue weighted by atomic mass is 35.5. The lowest BCUT2D eigenvalue weighted by Crippen LogP contribution is -2.14. The van der Waals surface area contributed by atoms with Gasteiger partial charge in [0.2, 0.25) is 0 Å². The first-order chi connectivity index (χ1) is 16.8. The molecule has 35 heavy (non-hydrogen) atoms. The third-order valence-electron chi connectivity index (χ3n) is 4.97. The monoisotopic (exact) mass is 527 g/mol. The van der Waals surface area contributed by atoms with E-state index in [1.165, 1.54) is 0 Å². The summed E-state index contributed by atoms with van der Waals surface area (Å²) < 4.78 is 10.9. The molecular formula is C26H19Cl2NO5S. The first kappa shape index (κ1) is 24.9. The van der Waals surface area contributed by atoms with Gasteiger partial charge in [0.05, 0.1) is 16.5 Å². The first-order valence-corrected chi connectivity index (χ1v) is 12.1. The van der Waals surface area contributed by atoms with Crippen LogP contribution in [-0.4, -0.2) is 28.6 Å². The van der Waals surface area contributed by atoms with E-state index in [4.69, 9.17) is 32.4 Å². The van der Waals surface area contributed by atoms with E-state index in [2.05, 4.69) is 4.99 Å². The van der Waals surface area contributed by atoms with Crippen molar-refractivity contribution >= 4 is 58.0 Å². The van der Waals surface area contributed by atoms with Gasteiger partial charge in [-0.15, -0.1) is 0 Å². The zero-order valence-corrected chi connectivity index (χ0v) is 21.0. The van der Waals surface area contributed by atoms with Crippen molar-refractivity contribution in [3.63, 3.8) is 0 Å². The van der Waals surface area contributed by atoms with E-state index in [1.54, 1.807) is 67.6 Å². The molecule has 0 bridgehead atoms. The summed E-state index contributed by atoms with van der Waals surface area (Å²) in [5.41, 5.74) is 1.79. The second-order valence-corrected chi connectivity index (χ2v) is 9.34. The SMILES string of the molecule is CCOC(=O)C1=C(O)/C(=C/c2ccc(-c3cc(Cl)ccc3Cl)o2)SC1=NC(=O)c1ccc(C)cc1. The molecule has 1 aliphatic rings. The van der Waals surface area contributed by atoms with Crippen LogP contribution in [0.2, 0.25) is 10.0 Å². The number of aliphatic hydroxyl groups excluding tert-OH is 1. The van der Waals surface area contributed by atoms with Crippen LogP contribution < -0.4 is 0 Å². The molecule has 1 N–H and O–H groups in total. The van der Waals surface area contributed by atoms with E-state index < -0.39 is 11.9 Å². The number of amides is 1. The Labute approximate surface area is 215 Å². The van der Waals surface area contributed by atoms with Gasteiger partial charge in [-0.2, -0.15) is 0 Å². The van der Waals surface area contributed by atoms with Gasteiger partial charge in [0.1, 0.15) is 27.9 Å². The van der Waals surface area contributed by atoms with Crippen LogP contribution in [0.15, 0.2) is 80.2 Å². The lowest BCUT2D eigenvalue weighted by molar-refractivity contribution is -0.138. The number of aliphatic imine (C=N–C) groups is 1. The largest absolute Gasteiger partial charge is 0.506 e. The number of benzene rings is 2. The van der Waals surface area contributed by atoms with Gasteiger partial charge in [0, 0.05) is 16.1 Å². The Morgan fingerprint density at radius 2 is 1.86 bits per heavy atom. The number of esters is 1. The van der Waals surface area contributed by atoms with Gasteiger partial charge in [-0.25, -0.2) is 9.79 Å². The molecule has 1 aliphatic heterocycles. The lowest BCUT2D eigenvalue weighted by atomic mass is 10.1. The fourth-order valence-electron chi connectivity index (χ4n) is 3.24. The number of halogens is 2. The fourth-order valence-corrected chi connectivity index (χ4v) is 4.61. The second-order valence-electron chi connectivity index (χ2n) is 7.47. The standard InChI is InChI=1S/C26H19Cl2NO5S/c1-3-33-26(32)22-23(30)21(35-25(22)29-24(31)15-6-4-14(2)5-7-15)13-17-9-11-20(34-17)18-12-16(27)8-10-19(18)28/h4-13,30H,3H2,1-2H3/b21-13-,29-25?. The number of aliphatic hydroxyl groups is 1. The molecule has 4 rings (SSSR count). The Kier molecular flexibility index (Phi) is 7.50. The molecule has 9 heteroatoms. The zero-order valence-electron chi connectivity index (χ0n) is 18.7. The fraction of sp³-hybridized carbons (Fsp3) is 0.115. The van der Waals surface area contributed by atoms with Crippen LogP contribution >= 0.6 is 35.0 Å². The summed E-state index contributed by atoms with van der Waals surface area (Å²) in [6.07, 6.45) is 1.54. The minimum absolute atomic E-state index is 0.0439. The summed E-state index contributed by atoms with van der Waals surface area (Å²) in [6, 6.07) is 15.3. The van der Waals surface area contributed by atoms with Gasteiger partial charge < -0.3 is 14.3 Å². The van der Waals surface area contributed by atoms with Crippen molar-refractivity contribution in [1.29, 1.82) is 0 Å². The topological polar surface area (TPSA) is 89.1 Å². The predicted octanol–water partition coefficient (Wildman–Crippen LogP) is 7.26. The van der Waals surface area contributed by atoms with Crippen molar-refractivity contribution in [3.8, 4) is 11.3 Å². The normalized spacial score (nSPS) is 15.8. The molecule has 0 radical (unpaired) electrons. The maximum Gasteiger partial charge on any atom is 0.344 e. The third-order valence-corrected chi connectivity index (χ3v) is 6.55. The van der Waals surface area contributed by atoms with E-state index in [9.17, 15) is 14.7 Å². The van der Waals surface area contributed by atoms with Gasteiger partial charge >= 0.3 is 5.97 Å². The Morgan fingerprint density at radius 1 is 1.11 bits per heavy atom. The van der Waals surface area contributed by atoms with Crippen LogP contribution in [0.1, 0.15) is 28.6 Å². The number of thioether (sulfide) groups is 1. The summed E-state index contributed by atoms with van der Waals surface area (Å²) in [5, 5.41) is 11.8. The van der Waals surface area contributed by atoms with Crippen LogP contribution in [0.25, 0.3) is 17.4 Å². The Balaban J connectivity index is 1.69. The molecule has 0 spiro atoms. The summed E-state index contributed by atoms with van der Waals surface area (Å²) in [7, 11) is 0. The molecule has 0 aliphatic carbocycles. The maximum absolute atomic E-state index is 12.7. The Morgan fingerprint density at radius 3 is 2.57 bits per heavy atom. The van der Waals surface area contributed by atoms with Crippen LogP contribution in [-0.2, 0) is 9.53 Å². The van der Waals surface area contributed by atoms with Crippen molar-refractivity contribution in [2.75, 3.05) is 6.61 Å². The smallest absolute Gasteiger partial charge is 0.344 e. The number of ether oxygens (including phenoxy) is 1. The van der Waals surface area contributed by atoms with Crippen molar-refractivity contribution in [2.24, 2.45) is 4.99 Å². The predicted molar refractivity (Wildman–Crippen MR) is 139 cm³/mol. The quantitative estimate of drug-likeness (QED) is 0.351. The minimum Gasteiger partial charge on any atom is -0.506 e. The lowest BCUT2D eigenvalue weighted by Gasteiger charge is -2.03. The Hall–Kier alpha value is -3.26. The number of nitrogens with zero attached hydrogens (tertiary/aromatic N) is 1. The number of rotatable bonds is 5. The molecule has 0 unspecified atom stereocenters. The molecule has 178 valence electrons. The van der Waals surface area contributed by atoms with E-state index >= 15 is 0 Å². The van der Waals surface area contributed by atoms with E-state index in [0.29, 0.717) is 32.7 Å². The van der Waals surface area contributed by atoms with E-state index in [-0.39, 0.29) is 27.9 Å². The van der Waals surface area contributed by atoms with E-state index in [0.717, 1.165) is 17.3 Å². The van der Waals surface area contributed by atoms with Gasteiger partial charge in [0.25, 0.3) is 5.91 Å². The number of hydrogen-bond donors (Lipinski definition) is 1. The molecule has 2 heterocycles. The van der Waals surface area contributed by atoms with Crippen molar-refractivity contribution < 1.29 is 23.8 Å². The second kappa shape index (κ2) is 10.6. The molecule has 6 nitrogen and oxygen atoms in total. The molecular weight excluding hydrogens is 509 g/mol. The molecule has 0 atom stereocenters. The zero-order chi connectivity index (χ0) is 25.1. The summed E-state index contributed by atoms with van der Waals surface area (Å²) in [5.74, 6) is -0.798. The summed E-state index contributed by atoms with van der Waals surface area (Å²) in [4.78, 5) is 29.6. The number of hydrogen-bond acceptors (Lipinski definition) is 6. The van der Waals surface area contributed by atoms with Crippen molar-refractivity contribution in [1.82, 2.24) is 0 Å². The van der Waals surface area contributed by atoms with Crippen LogP contribution in [0, 0.1) is 6.92 Å². The molecule has 3 aromatic rings. The van der Waals surface area contributed by atoms with Crippen LogP contribution in [0.3, 0.4) is 0 Å². The summed E-state index contributed by atoms with van der Waals surface area (Å²) >= 11 is 13.3. The molecule has 0 saturated heterocycles. The maximum atomic E-state index is 12.7. The first-order valence-electron chi connectivity index (χ1n) is 10.5. The molecule has 0 fully saturated rings. The van der Waals surface area contributed by atoms with Gasteiger partial charge in [-0.05, 0) is 62.4 Å². The average molecular weight is 528 g/mol. The molecule has 0 saturated carbocycles. The highest BCUT2D eigenvalue weighted by Gasteiger charge is 2.34. The van der Waals surface area contributed by atoms with Gasteiger partial charge in [-0.1, -0.05) is 52.7 Å². The van der Waals surface area contributed by atoms with E-state index in [1.807, 2.05) is 6.92 Å². The summed E-state index contributed by atoms with van der Waals surface area (Å²) in [6.45, 7) is 3.65. The highest BCUT2D eigenvalue weighted by Crippen LogP contribution is 2.40. The van der Waals surface area contributed by atoms with Gasteiger partial charge in [-0.3, -0.25) is 4.79 Å². The van der Waals surface area contributed by atoms with Gasteiger partial charge in [0.15, 0.2) is 0 Å². The molecule has 1 amide bonds. The van der Waals surface area contributed by atoms with Crippen molar-refractivity contribution in [3.05, 3.63) is 97.8 Å². The molecule has 2 aromatic carbocycles. The van der Waals surface area contributed by atoms with Crippen molar-refractivity contribution in [2.45, 2.75) is 13.8 Å².